The Morgan fingerprint density at radius 3 is 2.71 bits per heavy atom. The van der Waals surface area contributed by atoms with Crippen LogP contribution in [-0.4, -0.2) is 85.4 Å². The standard InChI is InChI=1S/C15H29N3O3/c1-3-17-6-4-13(5-7-17)18-8-9-21-12-15(20,11-18)10-14(19)16-2/h13,20H,3-12H2,1-2H3,(H,16,19)/t15-/m1/s1. The van der Waals surface area contributed by atoms with Crippen LogP contribution < -0.4 is 5.32 Å². The van der Waals surface area contributed by atoms with Gasteiger partial charge in [0.2, 0.25) is 5.91 Å². The lowest BCUT2D eigenvalue weighted by molar-refractivity contribution is -0.128. The molecule has 1 amide bonds. The second-order valence-corrected chi connectivity index (χ2v) is 6.26. The van der Waals surface area contributed by atoms with E-state index in [0.29, 0.717) is 19.2 Å². The molecule has 6 heteroatoms. The van der Waals surface area contributed by atoms with Gasteiger partial charge in [-0.1, -0.05) is 6.92 Å². The van der Waals surface area contributed by atoms with Crippen LogP contribution in [0.2, 0.25) is 0 Å². The van der Waals surface area contributed by atoms with Crippen LogP contribution in [0.25, 0.3) is 0 Å². The maximum atomic E-state index is 11.6. The van der Waals surface area contributed by atoms with Crippen LogP contribution in [0.15, 0.2) is 0 Å². The number of hydrogen-bond acceptors (Lipinski definition) is 5. The summed E-state index contributed by atoms with van der Waals surface area (Å²) >= 11 is 0. The molecule has 0 radical (unpaired) electrons. The molecule has 0 aromatic rings. The summed E-state index contributed by atoms with van der Waals surface area (Å²) in [5.41, 5.74) is -1.07. The minimum atomic E-state index is -1.07. The number of β-amino-alcohol motifs (C(OH)–C–C–N with tert-alkyl or cyclic N) is 1. The molecule has 2 heterocycles. The van der Waals surface area contributed by atoms with Crippen molar-refractivity contribution >= 4 is 5.91 Å². The topological polar surface area (TPSA) is 65.0 Å². The summed E-state index contributed by atoms with van der Waals surface area (Å²) in [4.78, 5) is 16.4. The first-order valence-corrected chi connectivity index (χ1v) is 8.03. The van der Waals surface area contributed by atoms with Crippen LogP contribution in [0.5, 0.6) is 0 Å². The van der Waals surface area contributed by atoms with Crippen molar-refractivity contribution in [1.82, 2.24) is 15.1 Å². The number of rotatable bonds is 4. The average Bonchev–Trinajstić information content (AvgIpc) is 2.69. The van der Waals surface area contributed by atoms with E-state index >= 15 is 0 Å². The summed E-state index contributed by atoms with van der Waals surface area (Å²) < 4.78 is 5.54. The highest BCUT2D eigenvalue weighted by Gasteiger charge is 2.37. The van der Waals surface area contributed by atoms with Gasteiger partial charge in [0.25, 0.3) is 0 Å². The molecule has 1 atom stereocenters. The van der Waals surface area contributed by atoms with Crippen LogP contribution in [-0.2, 0) is 9.53 Å². The predicted octanol–water partition coefficient (Wildman–Crippen LogP) is -0.330. The third-order valence-corrected chi connectivity index (χ3v) is 4.68. The van der Waals surface area contributed by atoms with Gasteiger partial charge in [0, 0.05) is 26.2 Å². The zero-order valence-electron chi connectivity index (χ0n) is 13.3. The molecule has 122 valence electrons. The smallest absolute Gasteiger partial charge is 0.222 e. The number of ether oxygens (including phenoxy) is 1. The quantitative estimate of drug-likeness (QED) is 0.744. The maximum Gasteiger partial charge on any atom is 0.222 e. The zero-order chi connectivity index (χ0) is 15.3. The lowest BCUT2D eigenvalue weighted by atomic mass is 9.96. The van der Waals surface area contributed by atoms with E-state index in [1.807, 2.05) is 0 Å². The molecule has 0 aliphatic carbocycles. The Kier molecular flexibility index (Phi) is 5.98. The summed E-state index contributed by atoms with van der Waals surface area (Å²) in [6, 6.07) is 0.491. The van der Waals surface area contributed by atoms with Gasteiger partial charge in [-0.05, 0) is 32.5 Å². The van der Waals surface area contributed by atoms with E-state index in [9.17, 15) is 9.90 Å². The largest absolute Gasteiger partial charge is 0.386 e. The van der Waals surface area contributed by atoms with Gasteiger partial charge < -0.3 is 20.1 Å². The number of amides is 1. The number of nitrogens with zero attached hydrogens (tertiary/aromatic N) is 2. The van der Waals surface area contributed by atoms with Crippen molar-refractivity contribution in [3.63, 3.8) is 0 Å². The Morgan fingerprint density at radius 1 is 1.38 bits per heavy atom. The lowest BCUT2D eigenvalue weighted by Crippen LogP contribution is -2.52. The molecular formula is C15H29N3O3. The Hall–Kier alpha value is -0.690. The number of aliphatic hydroxyl groups is 1. The SMILES string of the molecule is CCN1CCC(N2CCOC[C@@](O)(CC(=O)NC)C2)CC1. The van der Waals surface area contributed by atoms with Crippen LogP contribution >= 0.6 is 0 Å². The van der Waals surface area contributed by atoms with Gasteiger partial charge >= 0.3 is 0 Å². The Bertz CT molecular complexity index is 345. The second kappa shape index (κ2) is 7.54. The summed E-state index contributed by atoms with van der Waals surface area (Å²) in [6.07, 6.45) is 2.36. The van der Waals surface area contributed by atoms with Gasteiger partial charge in [-0.25, -0.2) is 0 Å². The number of carbonyl (C=O) groups excluding carboxylic acids is 1. The summed E-state index contributed by atoms with van der Waals surface area (Å²) in [5.74, 6) is -0.135. The zero-order valence-corrected chi connectivity index (χ0v) is 13.3. The van der Waals surface area contributed by atoms with Crippen LogP contribution in [0.1, 0.15) is 26.2 Å². The Balaban J connectivity index is 1.94. The average molecular weight is 299 g/mol. The molecule has 2 fully saturated rings. The van der Waals surface area contributed by atoms with Gasteiger partial charge in [-0.3, -0.25) is 9.69 Å². The molecular weight excluding hydrogens is 270 g/mol. The summed E-state index contributed by atoms with van der Waals surface area (Å²) in [5, 5.41) is 13.3. The highest BCUT2D eigenvalue weighted by Crippen LogP contribution is 2.23. The Morgan fingerprint density at radius 2 is 2.10 bits per heavy atom. The highest BCUT2D eigenvalue weighted by molar-refractivity contribution is 5.76. The minimum Gasteiger partial charge on any atom is -0.386 e. The first kappa shape index (κ1) is 16.7. The first-order chi connectivity index (χ1) is 10.1. The van der Waals surface area contributed by atoms with E-state index in [-0.39, 0.29) is 18.9 Å². The molecule has 2 rings (SSSR count). The number of carbonyl (C=O) groups is 1. The molecule has 21 heavy (non-hydrogen) atoms. The molecule has 2 N–H and O–H groups in total. The van der Waals surface area contributed by atoms with E-state index in [1.54, 1.807) is 7.05 Å². The van der Waals surface area contributed by atoms with Crippen molar-refractivity contribution in [1.29, 1.82) is 0 Å². The van der Waals surface area contributed by atoms with Crippen LogP contribution in [0, 0.1) is 0 Å². The van der Waals surface area contributed by atoms with Crippen molar-refractivity contribution in [2.45, 2.75) is 37.8 Å². The van der Waals surface area contributed by atoms with E-state index in [2.05, 4.69) is 22.0 Å². The fourth-order valence-electron chi connectivity index (χ4n) is 3.35. The monoisotopic (exact) mass is 299 g/mol. The first-order valence-electron chi connectivity index (χ1n) is 8.03. The Labute approximate surface area is 127 Å². The molecule has 2 aliphatic rings. The van der Waals surface area contributed by atoms with Gasteiger partial charge in [-0.15, -0.1) is 0 Å². The molecule has 0 unspecified atom stereocenters. The third-order valence-electron chi connectivity index (χ3n) is 4.68. The van der Waals surface area contributed by atoms with E-state index in [4.69, 9.17) is 4.74 Å². The van der Waals surface area contributed by atoms with Crippen LogP contribution in [0.3, 0.4) is 0 Å². The highest BCUT2D eigenvalue weighted by atomic mass is 16.5. The number of piperidine rings is 1. The minimum absolute atomic E-state index is 0.105. The number of nitrogens with one attached hydrogen (secondary N) is 1. The fraction of sp³-hybridized carbons (Fsp3) is 0.933. The van der Waals surface area contributed by atoms with Gasteiger partial charge in [0.05, 0.1) is 19.6 Å². The molecule has 0 aromatic carbocycles. The molecule has 2 saturated heterocycles. The molecule has 0 spiro atoms. The van der Waals surface area contributed by atoms with E-state index in [0.717, 1.165) is 39.0 Å². The van der Waals surface area contributed by atoms with Gasteiger partial charge in [-0.2, -0.15) is 0 Å². The van der Waals surface area contributed by atoms with E-state index < -0.39 is 5.60 Å². The molecule has 0 saturated carbocycles. The summed E-state index contributed by atoms with van der Waals surface area (Å²) in [7, 11) is 1.60. The normalized spacial score (nSPS) is 30.0. The maximum absolute atomic E-state index is 11.6. The van der Waals surface area contributed by atoms with Gasteiger partial charge in [0.15, 0.2) is 0 Å². The van der Waals surface area contributed by atoms with Crippen molar-refractivity contribution < 1.29 is 14.6 Å². The van der Waals surface area contributed by atoms with Gasteiger partial charge in [0.1, 0.15) is 5.60 Å². The predicted molar refractivity (Wildman–Crippen MR) is 81.2 cm³/mol. The molecule has 0 bridgehead atoms. The van der Waals surface area contributed by atoms with Crippen molar-refractivity contribution in [2.24, 2.45) is 0 Å². The van der Waals surface area contributed by atoms with Crippen molar-refractivity contribution in [3.05, 3.63) is 0 Å². The second-order valence-electron chi connectivity index (χ2n) is 6.26. The fourth-order valence-corrected chi connectivity index (χ4v) is 3.35. The van der Waals surface area contributed by atoms with Crippen LogP contribution in [0.4, 0.5) is 0 Å². The molecule has 2 aliphatic heterocycles. The number of likely N-dealkylation sites (tertiary alicyclic amines) is 1. The molecule has 6 nitrogen and oxygen atoms in total. The van der Waals surface area contributed by atoms with Crippen molar-refractivity contribution in [2.75, 3.05) is 53.0 Å². The molecule has 0 aromatic heterocycles. The lowest BCUT2D eigenvalue weighted by Gasteiger charge is -2.40. The van der Waals surface area contributed by atoms with Crippen molar-refractivity contribution in [3.8, 4) is 0 Å². The number of hydrogen-bond donors (Lipinski definition) is 2. The summed E-state index contributed by atoms with van der Waals surface area (Å²) in [6.45, 7) is 7.77. The van der Waals surface area contributed by atoms with E-state index in [1.165, 1.54) is 0 Å². The third kappa shape index (κ3) is 4.64.